The first-order chi connectivity index (χ1) is 12.8. The summed E-state index contributed by atoms with van der Waals surface area (Å²) in [6.07, 6.45) is 13.8. The number of halogens is 1. The summed E-state index contributed by atoms with van der Waals surface area (Å²) in [5.41, 5.74) is 1.21. The molecule has 1 unspecified atom stereocenters. The second-order valence-electron chi connectivity index (χ2n) is 8.11. The van der Waals surface area contributed by atoms with Crippen LogP contribution in [0.5, 0.6) is 0 Å². The maximum atomic E-state index is 4.79. The fraction of sp³-hybridized carbons (Fsp3) is 0.800. The van der Waals surface area contributed by atoms with Gasteiger partial charge in [-0.05, 0) is 32.1 Å². The molecule has 0 spiro atoms. The number of aryl methyl sites for hydroxylation is 2. The van der Waals surface area contributed by atoms with E-state index < -0.39 is 0 Å². The van der Waals surface area contributed by atoms with Crippen molar-refractivity contribution in [1.29, 1.82) is 0 Å². The molecule has 7 heteroatoms. The Morgan fingerprint density at radius 3 is 2.81 bits per heavy atom. The van der Waals surface area contributed by atoms with Gasteiger partial charge in [0.25, 0.3) is 0 Å². The Morgan fingerprint density at radius 1 is 1.19 bits per heavy atom. The normalized spacial score (nSPS) is 23.9. The Bertz CT molecular complexity index is 598. The summed E-state index contributed by atoms with van der Waals surface area (Å²) in [5.74, 6) is 2.21. The molecule has 1 atom stereocenters. The highest BCUT2D eigenvalue weighted by Gasteiger charge is 2.30. The lowest BCUT2D eigenvalue weighted by atomic mass is 10.2. The fourth-order valence-corrected chi connectivity index (χ4v) is 4.80. The highest BCUT2D eigenvalue weighted by atomic mass is 127. The molecule has 27 heavy (non-hydrogen) atoms. The Morgan fingerprint density at radius 2 is 2.04 bits per heavy atom. The Labute approximate surface area is 180 Å². The average molecular weight is 486 g/mol. The van der Waals surface area contributed by atoms with E-state index in [2.05, 4.69) is 31.3 Å². The van der Waals surface area contributed by atoms with Gasteiger partial charge < -0.3 is 15.2 Å². The van der Waals surface area contributed by atoms with Crippen LogP contribution >= 0.6 is 24.0 Å². The molecule has 1 saturated heterocycles. The zero-order valence-corrected chi connectivity index (χ0v) is 19.0. The van der Waals surface area contributed by atoms with Crippen LogP contribution in [0.1, 0.15) is 56.5 Å². The molecule has 1 saturated carbocycles. The molecule has 0 radical (unpaired) electrons. The van der Waals surface area contributed by atoms with Crippen molar-refractivity contribution in [3.05, 3.63) is 17.7 Å². The van der Waals surface area contributed by atoms with Crippen LogP contribution in [-0.4, -0.2) is 59.2 Å². The smallest absolute Gasteiger partial charge is 0.191 e. The zero-order valence-electron chi connectivity index (χ0n) is 16.6. The molecule has 2 aliphatic heterocycles. The van der Waals surface area contributed by atoms with E-state index in [9.17, 15) is 0 Å². The first-order valence-electron chi connectivity index (χ1n) is 10.6. The minimum absolute atomic E-state index is 0. The van der Waals surface area contributed by atoms with Crippen LogP contribution < -0.4 is 10.6 Å². The maximum absolute atomic E-state index is 4.79. The summed E-state index contributed by atoms with van der Waals surface area (Å²) >= 11 is 0. The second-order valence-corrected chi connectivity index (χ2v) is 8.11. The highest BCUT2D eigenvalue weighted by Crippen LogP contribution is 2.26. The Balaban J connectivity index is 0.00000210. The minimum Gasteiger partial charge on any atom is -0.356 e. The molecule has 2 N–H and O–H groups in total. The monoisotopic (exact) mass is 486 g/mol. The molecule has 0 amide bonds. The molecule has 3 aliphatic rings. The van der Waals surface area contributed by atoms with Crippen LogP contribution in [0, 0.1) is 0 Å². The predicted molar refractivity (Wildman–Crippen MR) is 121 cm³/mol. The molecular weight excluding hydrogens is 451 g/mol. The van der Waals surface area contributed by atoms with E-state index in [4.69, 9.17) is 4.98 Å². The van der Waals surface area contributed by atoms with E-state index in [0.717, 1.165) is 37.9 Å². The van der Waals surface area contributed by atoms with Gasteiger partial charge in [-0.2, -0.15) is 0 Å². The molecule has 1 aromatic heterocycles. The van der Waals surface area contributed by atoms with Crippen LogP contribution in [0.15, 0.2) is 11.2 Å². The van der Waals surface area contributed by atoms with Gasteiger partial charge in [0.15, 0.2) is 5.96 Å². The summed E-state index contributed by atoms with van der Waals surface area (Å²) in [4.78, 5) is 11.9. The topological polar surface area (TPSA) is 57.5 Å². The SMILES string of the molecule is CN=C(NCCc1cn2c(n1)CCCC2)NC1CCN(C2CCCC2)C1.I. The van der Waals surface area contributed by atoms with Gasteiger partial charge in [0.1, 0.15) is 5.82 Å². The van der Waals surface area contributed by atoms with Crippen molar-refractivity contribution in [2.24, 2.45) is 4.99 Å². The number of fused-ring (bicyclic) bond motifs is 1. The quantitative estimate of drug-likeness (QED) is 0.382. The number of hydrogen-bond acceptors (Lipinski definition) is 3. The second kappa shape index (κ2) is 10.1. The van der Waals surface area contributed by atoms with Gasteiger partial charge in [0.05, 0.1) is 5.69 Å². The van der Waals surface area contributed by atoms with Crippen molar-refractivity contribution >= 4 is 29.9 Å². The number of likely N-dealkylation sites (tertiary alicyclic amines) is 1. The molecule has 3 heterocycles. The van der Waals surface area contributed by atoms with E-state index in [1.165, 1.54) is 69.6 Å². The molecule has 1 aliphatic carbocycles. The van der Waals surface area contributed by atoms with Gasteiger partial charge in [-0.3, -0.25) is 9.89 Å². The van der Waals surface area contributed by atoms with E-state index in [-0.39, 0.29) is 24.0 Å². The van der Waals surface area contributed by atoms with E-state index in [1.807, 2.05) is 7.05 Å². The van der Waals surface area contributed by atoms with Crippen molar-refractivity contribution in [2.45, 2.75) is 76.4 Å². The molecule has 6 nitrogen and oxygen atoms in total. The molecular formula is C20H35IN6. The molecule has 0 aromatic carbocycles. The number of aromatic nitrogens is 2. The van der Waals surface area contributed by atoms with Gasteiger partial charge in [-0.15, -0.1) is 24.0 Å². The first-order valence-corrected chi connectivity index (χ1v) is 10.6. The lowest BCUT2D eigenvalue weighted by Crippen LogP contribution is -2.45. The van der Waals surface area contributed by atoms with Crippen molar-refractivity contribution in [1.82, 2.24) is 25.1 Å². The zero-order chi connectivity index (χ0) is 17.8. The molecule has 4 rings (SSSR count). The van der Waals surface area contributed by atoms with Crippen LogP contribution in [0.3, 0.4) is 0 Å². The number of nitrogens with zero attached hydrogens (tertiary/aromatic N) is 4. The Hall–Kier alpha value is -0.830. The summed E-state index contributed by atoms with van der Waals surface area (Å²) in [6, 6.07) is 1.37. The third-order valence-electron chi connectivity index (χ3n) is 6.26. The van der Waals surface area contributed by atoms with Gasteiger partial charge in [0, 0.05) is 64.3 Å². The standard InChI is InChI=1S/C20H34N6.HI/c1-21-20(24-17-10-13-25(14-17)18-6-2-3-7-18)22-11-9-16-15-26-12-5-4-8-19(26)23-16;/h15,17-18H,2-14H2,1H3,(H2,21,22,24);1H. The summed E-state index contributed by atoms with van der Waals surface area (Å²) in [6.45, 7) is 4.42. The molecule has 2 fully saturated rings. The average Bonchev–Trinajstić information content (AvgIpc) is 3.40. The van der Waals surface area contributed by atoms with Crippen LogP contribution in [-0.2, 0) is 19.4 Å². The minimum atomic E-state index is 0. The summed E-state index contributed by atoms with van der Waals surface area (Å²) in [5, 5.41) is 7.11. The van der Waals surface area contributed by atoms with Gasteiger partial charge in [-0.1, -0.05) is 12.8 Å². The van der Waals surface area contributed by atoms with E-state index in [0.29, 0.717) is 6.04 Å². The lowest BCUT2D eigenvalue weighted by molar-refractivity contribution is 0.242. The third-order valence-corrected chi connectivity index (χ3v) is 6.26. The lowest BCUT2D eigenvalue weighted by Gasteiger charge is -2.24. The summed E-state index contributed by atoms with van der Waals surface area (Å²) in [7, 11) is 1.87. The van der Waals surface area contributed by atoms with Crippen molar-refractivity contribution in [3.8, 4) is 0 Å². The van der Waals surface area contributed by atoms with Gasteiger partial charge in [-0.25, -0.2) is 4.98 Å². The third kappa shape index (κ3) is 5.37. The van der Waals surface area contributed by atoms with Crippen molar-refractivity contribution < 1.29 is 0 Å². The van der Waals surface area contributed by atoms with E-state index in [1.54, 1.807) is 0 Å². The van der Waals surface area contributed by atoms with E-state index >= 15 is 0 Å². The fourth-order valence-electron chi connectivity index (χ4n) is 4.80. The number of guanidine groups is 1. The van der Waals surface area contributed by atoms with Crippen molar-refractivity contribution in [3.63, 3.8) is 0 Å². The predicted octanol–water partition coefficient (Wildman–Crippen LogP) is 2.56. The van der Waals surface area contributed by atoms with Gasteiger partial charge >= 0.3 is 0 Å². The maximum Gasteiger partial charge on any atom is 0.191 e. The molecule has 0 bridgehead atoms. The highest BCUT2D eigenvalue weighted by molar-refractivity contribution is 14.0. The van der Waals surface area contributed by atoms with Gasteiger partial charge in [0.2, 0.25) is 0 Å². The Kier molecular flexibility index (Phi) is 7.81. The van der Waals surface area contributed by atoms with Crippen molar-refractivity contribution in [2.75, 3.05) is 26.7 Å². The number of hydrogen-bond donors (Lipinski definition) is 2. The molecule has 1 aromatic rings. The molecule has 152 valence electrons. The largest absolute Gasteiger partial charge is 0.356 e. The number of rotatable bonds is 5. The summed E-state index contributed by atoms with van der Waals surface area (Å²) < 4.78 is 2.34. The number of imidazole rings is 1. The van der Waals surface area contributed by atoms with Crippen LogP contribution in [0.4, 0.5) is 0 Å². The van der Waals surface area contributed by atoms with Crippen LogP contribution in [0.25, 0.3) is 0 Å². The number of aliphatic imine (C=N–C) groups is 1. The number of nitrogens with one attached hydrogen (secondary N) is 2. The first kappa shape index (κ1) is 20.9. The van der Waals surface area contributed by atoms with Crippen LogP contribution in [0.2, 0.25) is 0 Å².